The van der Waals surface area contributed by atoms with Gasteiger partial charge < -0.3 is 27.5 Å². The molecule has 0 saturated carbocycles. The van der Waals surface area contributed by atoms with Crippen molar-refractivity contribution < 1.29 is 86.1 Å². The number of benzene rings is 1. The molecule has 0 bridgehead atoms. The summed E-state index contributed by atoms with van der Waals surface area (Å²) >= 11 is 0. The Hall–Kier alpha value is -2.65. The first-order valence-corrected chi connectivity index (χ1v) is 9.60. The zero-order valence-corrected chi connectivity index (χ0v) is 23.3. The number of aliphatic hydroxyl groups excluding tert-OH is 1. The van der Waals surface area contributed by atoms with Gasteiger partial charge in [-0.05, 0) is 29.5 Å². The SMILES string of the molecule is COc1ccccc1Oc1c(NC=O)nc(-c2ccnc(-c3nn[nH]n3)c2)nc1OCCO.[H-].[H-].[Na+].[Na+]. The number of aromatic amines is 1. The minimum Gasteiger partial charge on any atom is -1.00 e. The van der Waals surface area contributed by atoms with Crippen LogP contribution in [-0.4, -0.2) is 67.4 Å². The van der Waals surface area contributed by atoms with Gasteiger partial charge in [0.05, 0.1) is 13.7 Å². The molecule has 0 saturated heterocycles. The fourth-order valence-corrected chi connectivity index (χ4v) is 2.82. The maximum atomic E-state index is 11.3. The summed E-state index contributed by atoms with van der Waals surface area (Å²) in [6.45, 7) is -0.329. The molecule has 0 spiro atoms. The number of methoxy groups -OCH3 is 1. The van der Waals surface area contributed by atoms with E-state index in [9.17, 15) is 9.90 Å². The summed E-state index contributed by atoms with van der Waals surface area (Å²) in [6, 6.07) is 10.2. The summed E-state index contributed by atoms with van der Waals surface area (Å²) in [5.74, 6) is 1.38. The first kappa shape index (κ1) is 28.6. The number of ether oxygens (including phenoxy) is 3. The third-order valence-electron chi connectivity index (χ3n) is 4.23. The number of anilines is 1. The van der Waals surface area contributed by atoms with Crippen molar-refractivity contribution in [2.24, 2.45) is 0 Å². The Bertz CT molecular complexity index is 1260. The number of hydrogen-bond donors (Lipinski definition) is 3. The quantitative estimate of drug-likeness (QED) is 0.143. The molecule has 4 rings (SSSR count). The van der Waals surface area contributed by atoms with Crippen LogP contribution in [0.2, 0.25) is 0 Å². The van der Waals surface area contributed by atoms with Crippen molar-refractivity contribution in [3.8, 4) is 46.0 Å². The Kier molecular flexibility index (Phi) is 11.5. The largest absolute Gasteiger partial charge is 1.00 e. The predicted octanol–water partition coefficient (Wildman–Crippen LogP) is -4.31. The fourth-order valence-electron chi connectivity index (χ4n) is 2.82. The molecular weight excluding hydrogens is 478 g/mol. The van der Waals surface area contributed by atoms with E-state index in [1.54, 1.807) is 36.4 Å². The number of amides is 1. The number of pyridine rings is 1. The van der Waals surface area contributed by atoms with Crippen molar-refractivity contribution in [2.75, 3.05) is 25.6 Å². The van der Waals surface area contributed by atoms with Crippen LogP contribution in [0.3, 0.4) is 0 Å². The molecule has 0 radical (unpaired) electrons. The summed E-state index contributed by atoms with van der Waals surface area (Å²) in [7, 11) is 1.50. The summed E-state index contributed by atoms with van der Waals surface area (Å²) in [6.07, 6.45) is 1.99. The number of para-hydroxylation sites is 2. The average Bonchev–Trinajstić information content (AvgIpc) is 3.40. The average molecular weight is 498 g/mol. The third-order valence-corrected chi connectivity index (χ3v) is 4.23. The number of aromatic nitrogens is 7. The van der Waals surface area contributed by atoms with E-state index in [1.165, 1.54) is 13.3 Å². The van der Waals surface area contributed by atoms with Crippen LogP contribution in [0.5, 0.6) is 23.1 Å². The second-order valence-electron chi connectivity index (χ2n) is 6.28. The Morgan fingerprint density at radius 2 is 1.94 bits per heavy atom. The van der Waals surface area contributed by atoms with Crippen LogP contribution in [0.15, 0.2) is 42.6 Å². The molecule has 1 amide bonds. The molecule has 172 valence electrons. The number of aliphatic hydroxyl groups is 1. The molecule has 4 aromatic rings. The standard InChI is InChI=1S/C20H18N8O5.2Na.2H/c1-31-14-4-2-3-5-15(14)33-16-19(22-11-30)23-17(24-20(16)32-9-8-29)12-6-7-21-13(10-12)18-25-27-28-26-18;;;;/h2-7,10-11,29H,8-9H2,1H3,(H,22,23,24,30)(H,25,26,27,28);;;;/q;2*+1;2*-1. The number of rotatable bonds is 10. The maximum absolute atomic E-state index is 11.3. The van der Waals surface area contributed by atoms with Gasteiger partial charge >= 0.3 is 59.1 Å². The molecule has 1 aromatic carbocycles. The molecule has 0 unspecified atom stereocenters. The monoisotopic (exact) mass is 498 g/mol. The van der Waals surface area contributed by atoms with Gasteiger partial charge in [0, 0.05) is 11.8 Å². The molecule has 13 nitrogen and oxygen atoms in total. The van der Waals surface area contributed by atoms with Gasteiger partial charge in [0.1, 0.15) is 12.3 Å². The molecule has 0 aliphatic heterocycles. The van der Waals surface area contributed by atoms with Crippen molar-refractivity contribution in [1.29, 1.82) is 0 Å². The van der Waals surface area contributed by atoms with E-state index in [4.69, 9.17) is 14.2 Å². The number of H-pyrrole nitrogens is 1. The van der Waals surface area contributed by atoms with E-state index in [0.29, 0.717) is 29.2 Å². The van der Waals surface area contributed by atoms with E-state index < -0.39 is 0 Å². The molecule has 3 heterocycles. The van der Waals surface area contributed by atoms with Crippen LogP contribution < -0.4 is 78.6 Å². The summed E-state index contributed by atoms with van der Waals surface area (Å²) in [4.78, 5) is 24.4. The number of nitrogens with zero attached hydrogens (tertiary/aromatic N) is 6. The summed E-state index contributed by atoms with van der Waals surface area (Å²) in [5.41, 5.74) is 0.971. The number of carbonyl (C=O) groups is 1. The first-order valence-electron chi connectivity index (χ1n) is 9.60. The zero-order valence-electron chi connectivity index (χ0n) is 21.3. The minimum absolute atomic E-state index is 0. The van der Waals surface area contributed by atoms with Gasteiger partial charge in [-0.1, -0.05) is 12.1 Å². The third kappa shape index (κ3) is 6.95. The molecule has 15 heteroatoms. The van der Waals surface area contributed by atoms with Gasteiger partial charge in [0.25, 0.3) is 5.88 Å². The molecule has 35 heavy (non-hydrogen) atoms. The van der Waals surface area contributed by atoms with Crippen molar-refractivity contribution in [3.05, 3.63) is 42.6 Å². The Morgan fingerprint density at radius 3 is 2.63 bits per heavy atom. The van der Waals surface area contributed by atoms with Gasteiger partial charge in [0.2, 0.25) is 18.0 Å². The molecule has 0 aliphatic carbocycles. The molecule has 0 atom stereocenters. The Balaban J connectivity index is 0.00000324. The molecular formula is C20H20N8Na2O5. The van der Waals surface area contributed by atoms with Crippen molar-refractivity contribution >= 4 is 12.2 Å². The maximum Gasteiger partial charge on any atom is 1.00 e. The van der Waals surface area contributed by atoms with Gasteiger partial charge in [-0.2, -0.15) is 10.2 Å². The van der Waals surface area contributed by atoms with Gasteiger partial charge in [-0.25, -0.2) is 4.98 Å². The van der Waals surface area contributed by atoms with Crippen LogP contribution >= 0.6 is 0 Å². The smallest absolute Gasteiger partial charge is 1.00 e. The Morgan fingerprint density at radius 1 is 1.14 bits per heavy atom. The van der Waals surface area contributed by atoms with Crippen molar-refractivity contribution in [3.63, 3.8) is 0 Å². The van der Waals surface area contributed by atoms with Crippen LogP contribution in [0, 0.1) is 0 Å². The fraction of sp³-hybridized carbons (Fsp3) is 0.150. The first-order chi connectivity index (χ1) is 16.2. The van der Waals surface area contributed by atoms with Crippen LogP contribution in [0.25, 0.3) is 22.9 Å². The second kappa shape index (κ2) is 14.0. The van der Waals surface area contributed by atoms with Crippen molar-refractivity contribution in [1.82, 2.24) is 35.6 Å². The summed E-state index contributed by atoms with van der Waals surface area (Å²) < 4.78 is 16.9. The number of hydrogen-bond acceptors (Lipinski definition) is 11. The van der Waals surface area contributed by atoms with Crippen LogP contribution in [-0.2, 0) is 4.79 Å². The molecule has 3 aromatic heterocycles. The number of tetrazole rings is 1. The van der Waals surface area contributed by atoms with E-state index in [2.05, 4.69) is 40.9 Å². The van der Waals surface area contributed by atoms with Gasteiger partial charge in [-0.15, -0.1) is 10.2 Å². The topological polar surface area (TPSA) is 170 Å². The van der Waals surface area contributed by atoms with Crippen molar-refractivity contribution in [2.45, 2.75) is 0 Å². The van der Waals surface area contributed by atoms with Crippen LogP contribution in [0.1, 0.15) is 2.85 Å². The van der Waals surface area contributed by atoms with Gasteiger partial charge in [0.15, 0.2) is 23.1 Å². The zero-order chi connectivity index (χ0) is 23.0. The number of nitrogens with one attached hydrogen (secondary N) is 2. The minimum atomic E-state index is -0.263. The van der Waals surface area contributed by atoms with E-state index in [0.717, 1.165) is 0 Å². The van der Waals surface area contributed by atoms with E-state index in [-0.39, 0.29) is 104 Å². The number of carbonyl (C=O) groups excluding carboxylic acids is 1. The predicted molar refractivity (Wildman–Crippen MR) is 116 cm³/mol. The molecule has 0 fully saturated rings. The van der Waals surface area contributed by atoms with E-state index >= 15 is 0 Å². The van der Waals surface area contributed by atoms with Gasteiger partial charge in [-0.3, -0.25) is 9.78 Å². The normalized spacial score (nSPS) is 9.89. The van der Waals surface area contributed by atoms with Crippen LogP contribution in [0.4, 0.5) is 5.82 Å². The summed E-state index contributed by atoms with van der Waals surface area (Å²) in [5, 5.41) is 25.5. The van der Waals surface area contributed by atoms with E-state index in [1.807, 2.05) is 0 Å². The molecule has 3 N–H and O–H groups in total. The Labute approximate surface area is 246 Å². The second-order valence-corrected chi connectivity index (χ2v) is 6.28. The molecule has 0 aliphatic rings.